The number of para-hydroxylation sites is 2. The number of H-pyrrole nitrogens is 1. The Hall–Kier alpha value is -4.93. The van der Waals surface area contributed by atoms with Crippen molar-refractivity contribution in [2.75, 3.05) is 0 Å². The van der Waals surface area contributed by atoms with Gasteiger partial charge in [0.05, 0.1) is 11.0 Å². The van der Waals surface area contributed by atoms with Gasteiger partial charge in [-0.15, -0.1) is 11.3 Å². The summed E-state index contributed by atoms with van der Waals surface area (Å²) in [5.74, 6) is 0.931. The maximum absolute atomic E-state index is 4.95. The van der Waals surface area contributed by atoms with Gasteiger partial charge in [-0.2, -0.15) is 0 Å². The van der Waals surface area contributed by atoms with E-state index in [2.05, 4.69) is 119 Å². The van der Waals surface area contributed by atoms with Crippen LogP contribution in [0.5, 0.6) is 0 Å². The fourth-order valence-corrected chi connectivity index (χ4v) is 7.47. The van der Waals surface area contributed by atoms with Crippen LogP contribution in [0.1, 0.15) is 0 Å². The van der Waals surface area contributed by atoms with Crippen molar-refractivity contribution in [3.05, 3.63) is 121 Å². The maximum Gasteiger partial charge on any atom is 0.137 e. The van der Waals surface area contributed by atoms with Crippen LogP contribution in [0.25, 0.3) is 80.7 Å². The Kier molecular flexibility index (Phi) is 4.21. The third-order valence-corrected chi connectivity index (χ3v) is 9.17. The Morgan fingerprint density at radius 2 is 1.38 bits per heavy atom. The van der Waals surface area contributed by atoms with Crippen LogP contribution >= 0.6 is 11.3 Å². The van der Waals surface area contributed by atoms with Crippen molar-refractivity contribution in [3.8, 4) is 16.9 Å². The summed E-state index contributed by atoms with van der Waals surface area (Å²) in [7, 11) is 0. The van der Waals surface area contributed by atoms with Gasteiger partial charge in [-0.05, 0) is 48.0 Å². The Bertz CT molecular complexity index is 2370. The van der Waals surface area contributed by atoms with E-state index in [0.717, 1.165) is 11.4 Å². The first-order valence-electron chi connectivity index (χ1n) is 13.1. The monoisotopic (exact) mass is 515 g/mol. The molecule has 0 atom stereocenters. The Labute approximate surface area is 227 Å². The Morgan fingerprint density at radius 1 is 0.564 bits per heavy atom. The van der Waals surface area contributed by atoms with E-state index in [-0.39, 0.29) is 0 Å². The first-order chi connectivity index (χ1) is 19.3. The minimum absolute atomic E-state index is 0.931. The summed E-state index contributed by atoms with van der Waals surface area (Å²) < 4.78 is 4.94. The van der Waals surface area contributed by atoms with Crippen molar-refractivity contribution in [1.29, 1.82) is 0 Å². The highest BCUT2D eigenvalue weighted by molar-refractivity contribution is 7.26. The predicted molar refractivity (Wildman–Crippen MR) is 166 cm³/mol. The molecule has 3 nitrogen and oxygen atoms in total. The summed E-state index contributed by atoms with van der Waals surface area (Å²) in [6.07, 6.45) is 1.98. The molecule has 0 aliphatic carbocycles. The molecule has 0 saturated carbocycles. The number of hydrogen-bond acceptors (Lipinski definition) is 2. The van der Waals surface area contributed by atoms with Crippen molar-refractivity contribution < 1.29 is 0 Å². The van der Waals surface area contributed by atoms with Crippen LogP contribution in [-0.2, 0) is 0 Å². The molecule has 1 N–H and O–H groups in total. The summed E-state index contributed by atoms with van der Waals surface area (Å²) in [6.45, 7) is 0. The second-order valence-corrected chi connectivity index (χ2v) is 11.2. The molecule has 0 saturated heterocycles. The molecule has 9 aromatic rings. The molecule has 0 unspecified atom stereocenters. The first-order valence-corrected chi connectivity index (χ1v) is 14.0. The van der Waals surface area contributed by atoms with Gasteiger partial charge in [0.15, 0.2) is 0 Å². The molecule has 39 heavy (non-hydrogen) atoms. The van der Waals surface area contributed by atoms with E-state index in [4.69, 9.17) is 4.98 Å². The summed E-state index contributed by atoms with van der Waals surface area (Å²) in [5.41, 5.74) is 7.03. The number of nitrogens with one attached hydrogen (secondary N) is 1. The van der Waals surface area contributed by atoms with E-state index in [1.54, 1.807) is 0 Å². The zero-order valence-corrected chi connectivity index (χ0v) is 21.7. The SMILES string of the molecule is c1ccc(-c2ccc(-n3c4ccccc4c4cc5c(cc43)sc3c5ccc4[nH]c5ccccc5c43)nc2)cc1. The average molecular weight is 516 g/mol. The van der Waals surface area contributed by atoms with Gasteiger partial charge < -0.3 is 4.98 Å². The van der Waals surface area contributed by atoms with Crippen LogP contribution in [-0.4, -0.2) is 14.5 Å². The second-order valence-electron chi connectivity index (χ2n) is 10.1. The third-order valence-electron chi connectivity index (χ3n) is 7.98. The molecule has 9 rings (SSSR count). The van der Waals surface area contributed by atoms with Gasteiger partial charge in [-0.3, -0.25) is 4.57 Å². The number of rotatable bonds is 2. The quantitative estimate of drug-likeness (QED) is 0.244. The zero-order valence-electron chi connectivity index (χ0n) is 20.8. The Morgan fingerprint density at radius 3 is 2.26 bits per heavy atom. The number of aromatic nitrogens is 3. The molecular weight excluding hydrogens is 494 g/mol. The molecule has 0 aliphatic heterocycles. The fourth-order valence-electron chi connectivity index (χ4n) is 6.19. The lowest BCUT2D eigenvalue weighted by molar-refractivity contribution is 1.08. The van der Waals surface area contributed by atoms with E-state index in [9.17, 15) is 0 Å². The summed E-state index contributed by atoms with van der Waals surface area (Å²) in [5, 5.41) is 7.73. The van der Waals surface area contributed by atoms with Crippen molar-refractivity contribution in [3.63, 3.8) is 0 Å². The minimum Gasteiger partial charge on any atom is -0.354 e. The Balaban J connectivity index is 1.33. The highest BCUT2D eigenvalue weighted by Crippen LogP contribution is 2.44. The lowest BCUT2D eigenvalue weighted by Crippen LogP contribution is -1.97. The number of nitrogens with zero attached hydrogens (tertiary/aromatic N) is 2. The highest BCUT2D eigenvalue weighted by Gasteiger charge is 2.18. The van der Waals surface area contributed by atoms with Crippen molar-refractivity contribution in [2.45, 2.75) is 0 Å². The molecule has 0 spiro atoms. The van der Waals surface area contributed by atoms with E-state index in [0.29, 0.717) is 0 Å². The van der Waals surface area contributed by atoms with Crippen LogP contribution in [0.15, 0.2) is 121 Å². The second kappa shape index (κ2) is 7.79. The molecule has 5 aromatic carbocycles. The predicted octanol–water partition coefficient (Wildman–Crippen LogP) is 9.85. The normalized spacial score (nSPS) is 12.1. The van der Waals surface area contributed by atoms with E-state index >= 15 is 0 Å². The molecule has 0 aliphatic rings. The molecule has 4 heteroatoms. The van der Waals surface area contributed by atoms with E-state index in [1.807, 2.05) is 23.6 Å². The molecule has 0 bridgehead atoms. The van der Waals surface area contributed by atoms with Crippen LogP contribution < -0.4 is 0 Å². The molecular formula is C35H21N3S. The van der Waals surface area contributed by atoms with Crippen molar-refractivity contribution >= 4 is 75.1 Å². The van der Waals surface area contributed by atoms with Crippen LogP contribution in [0, 0.1) is 0 Å². The zero-order chi connectivity index (χ0) is 25.5. The summed E-state index contributed by atoms with van der Waals surface area (Å²) >= 11 is 1.89. The van der Waals surface area contributed by atoms with Gasteiger partial charge in [-0.25, -0.2) is 4.98 Å². The molecule has 0 fully saturated rings. The largest absolute Gasteiger partial charge is 0.354 e. The van der Waals surface area contributed by atoms with Crippen LogP contribution in [0.3, 0.4) is 0 Å². The molecule has 4 aromatic heterocycles. The van der Waals surface area contributed by atoms with Crippen LogP contribution in [0.4, 0.5) is 0 Å². The van der Waals surface area contributed by atoms with E-state index in [1.165, 1.54) is 69.3 Å². The molecule has 4 heterocycles. The smallest absolute Gasteiger partial charge is 0.137 e. The van der Waals surface area contributed by atoms with Crippen LogP contribution in [0.2, 0.25) is 0 Å². The molecule has 0 radical (unpaired) electrons. The number of benzene rings is 5. The summed E-state index contributed by atoms with van der Waals surface area (Å²) in [6, 6.07) is 41.3. The lowest BCUT2D eigenvalue weighted by atomic mass is 10.1. The van der Waals surface area contributed by atoms with Crippen molar-refractivity contribution in [2.24, 2.45) is 0 Å². The lowest BCUT2D eigenvalue weighted by Gasteiger charge is -2.08. The van der Waals surface area contributed by atoms with Gasteiger partial charge in [0.1, 0.15) is 5.82 Å². The number of fused-ring (bicyclic) bond motifs is 10. The topological polar surface area (TPSA) is 33.6 Å². The maximum atomic E-state index is 4.95. The summed E-state index contributed by atoms with van der Waals surface area (Å²) in [4.78, 5) is 8.56. The first kappa shape index (κ1) is 21.1. The fraction of sp³-hybridized carbons (Fsp3) is 0. The van der Waals surface area contributed by atoms with E-state index < -0.39 is 0 Å². The minimum atomic E-state index is 0.931. The van der Waals surface area contributed by atoms with Gasteiger partial charge in [0, 0.05) is 64.5 Å². The van der Waals surface area contributed by atoms with Gasteiger partial charge in [0.25, 0.3) is 0 Å². The van der Waals surface area contributed by atoms with Gasteiger partial charge >= 0.3 is 0 Å². The highest BCUT2D eigenvalue weighted by atomic mass is 32.1. The average Bonchev–Trinajstić information content (AvgIpc) is 3.65. The molecule has 182 valence electrons. The number of pyridine rings is 1. The van der Waals surface area contributed by atoms with Crippen molar-refractivity contribution in [1.82, 2.24) is 14.5 Å². The van der Waals surface area contributed by atoms with Gasteiger partial charge in [0.2, 0.25) is 0 Å². The number of thiophene rings is 1. The standard InChI is InChI=1S/C35H21N3S/c1-2-8-21(9-3-1)22-14-17-33(36-20-22)38-30-13-7-5-10-23(30)26-18-27-24-15-16-29-34(25-11-4-6-12-28(25)37-29)35(24)39-32(27)19-31(26)38/h1-20,37H. The third kappa shape index (κ3) is 2.95. The number of hydrogen-bond donors (Lipinski definition) is 1. The number of aromatic amines is 1. The molecule has 0 amide bonds. The van der Waals surface area contributed by atoms with Gasteiger partial charge in [-0.1, -0.05) is 72.8 Å².